The number of nitro groups is 1. The zero-order valence-electron chi connectivity index (χ0n) is 11.1. The summed E-state index contributed by atoms with van der Waals surface area (Å²) in [6.07, 6.45) is 1.18. The first-order valence-electron chi connectivity index (χ1n) is 6.08. The van der Waals surface area contributed by atoms with Gasteiger partial charge in [-0.2, -0.15) is 5.26 Å². The average molecular weight is 307 g/mol. The van der Waals surface area contributed by atoms with Gasteiger partial charge in [-0.3, -0.25) is 0 Å². The third kappa shape index (κ3) is 2.95. The van der Waals surface area contributed by atoms with Crippen LogP contribution >= 0.6 is 11.6 Å². The van der Waals surface area contributed by atoms with Crippen molar-refractivity contribution in [3.63, 3.8) is 0 Å². The van der Waals surface area contributed by atoms with Crippen LogP contribution in [0.1, 0.15) is 18.3 Å². The predicted molar refractivity (Wildman–Crippen MR) is 75.1 cm³/mol. The van der Waals surface area contributed by atoms with E-state index in [1.54, 1.807) is 25.1 Å². The second-order valence-electron chi connectivity index (χ2n) is 4.05. The Balaban J connectivity index is 2.26. The second kappa shape index (κ2) is 6.24. The number of benzene rings is 1. The second-order valence-corrected chi connectivity index (χ2v) is 4.46. The summed E-state index contributed by atoms with van der Waals surface area (Å²) >= 11 is 5.99. The summed E-state index contributed by atoms with van der Waals surface area (Å²) in [5.41, 5.74) is 0.298. The lowest BCUT2D eigenvalue weighted by molar-refractivity contribution is -0.392. The molecule has 0 fully saturated rings. The first-order valence-corrected chi connectivity index (χ1v) is 6.46. The minimum Gasteiger partial charge on any atom is -0.480 e. The molecule has 0 bridgehead atoms. The maximum Gasteiger partial charge on any atom is 0.342 e. The highest BCUT2D eigenvalue weighted by Crippen LogP contribution is 2.29. The van der Waals surface area contributed by atoms with Crippen molar-refractivity contribution in [1.82, 2.24) is 9.55 Å². The number of ether oxygens (including phenoxy) is 1. The molecular weight excluding hydrogens is 296 g/mol. The van der Waals surface area contributed by atoms with Gasteiger partial charge in [-0.25, -0.2) is 9.55 Å². The molecule has 2 rings (SSSR count). The van der Waals surface area contributed by atoms with Gasteiger partial charge in [0.2, 0.25) is 5.82 Å². The van der Waals surface area contributed by atoms with Crippen molar-refractivity contribution < 1.29 is 9.66 Å². The number of aromatic nitrogens is 2. The molecule has 1 heterocycles. The number of rotatable bonds is 5. The zero-order valence-corrected chi connectivity index (χ0v) is 11.9. The molecule has 21 heavy (non-hydrogen) atoms. The highest BCUT2D eigenvalue weighted by molar-refractivity contribution is 6.32. The lowest BCUT2D eigenvalue weighted by Gasteiger charge is -2.08. The van der Waals surface area contributed by atoms with Crippen molar-refractivity contribution in [1.29, 1.82) is 5.26 Å². The van der Waals surface area contributed by atoms with E-state index in [0.29, 0.717) is 23.0 Å². The Morgan fingerprint density at radius 3 is 2.95 bits per heavy atom. The van der Waals surface area contributed by atoms with Crippen molar-refractivity contribution in [3.8, 4) is 11.8 Å². The van der Waals surface area contributed by atoms with Gasteiger partial charge in [0.25, 0.3) is 0 Å². The molecule has 0 spiro atoms. The van der Waals surface area contributed by atoms with Crippen LogP contribution < -0.4 is 4.74 Å². The molecule has 0 aliphatic carbocycles. The van der Waals surface area contributed by atoms with Gasteiger partial charge in [0.05, 0.1) is 17.1 Å². The normalized spacial score (nSPS) is 10.1. The van der Waals surface area contributed by atoms with E-state index in [-0.39, 0.29) is 18.2 Å². The van der Waals surface area contributed by atoms with Crippen LogP contribution in [0.2, 0.25) is 5.02 Å². The fraction of sp³-hybridized carbons (Fsp3) is 0.231. The first kappa shape index (κ1) is 14.8. The number of imidazole rings is 1. The monoisotopic (exact) mass is 306 g/mol. The molecule has 1 aromatic heterocycles. The first-order chi connectivity index (χ1) is 10.1. The summed E-state index contributed by atoms with van der Waals surface area (Å²) in [4.78, 5) is 14.3. The van der Waals surface area contributed by atoms with Gasteiger partial charge in [0, 0.05) is 0 Å². The Morgan fingerprint density at radius 1 is 1.57 bits per heavy atom. The molecule has 0 atom stereocenters. The standard InChI is InChI=1S/C13H11ClN4O3/c1-2-17-11(16-7-12(17)18(19)20)8-21-13-9(6-15)4-3-5-10(13)14/h3-5,7H,2,8H2,1H3. The fourth-order valence-electron chi connectivity index (χ4n) is 1.89. The van der Waals surface area contributed by atoms with E-state index in [2.05, 4.69) is 4.98 Å². The number of para-hydroxylation sites is 1. The van der Waals surface area contributed by atoms with Crippen LogP contribution in [0.3, 0.4) is 0 Å². The highest BCUT2D eigenvalue weighted by atomic mass is 35.5. The Labute approximate surface area is 125 Å². The summed E-state index contributed by atoms with van der Waals surface area (Å²) in [6, 6.07) is 6.81. The SMILES string of the molecule is CCn1c([N+](=O)[O-])cnc1COc1c(Cl)cccc1C#N. The van der Waals surface area contributed by atoms with Crippen LogP contribution in [0, 0.1) is 21.4 Å². The van der Waals surface area contributed by atoms with Crippen LogP contribution in [0.5, 0.6) is 5.75 Å². The molecule has 108 valence electrons. The summed E-state index contributed by atoms with van der Waals surface area (Å²) in [5.74, 6) is 0.541. The van der Waals surface area contributed by atoms with Crippen LogP contribution in [0.25, 0.3) is 0 Å². The Morgan fingerprint density at radius 2 is 2.33 bits per heavy atom. The quantitative estimate of drug-likeness (QED) is 0.625. The molecule has 8 heteroatoms. The topological polar surface area (TPSA) is 94.0 Å². The summed E-state index contributed by atoms with van der Waals surface area (Å²) in [6.45, 7) is 2.15. The smallest absolute Gasteiger partial charge is 0.342 e. The number of nitriles is 1. The van der Waals surface area contributed by atoms with Crippen LogP contribution in [-0.2, 0) is 13.2 Å². The minimum atomic E-state index is -0.504. The van der Waals surface area contributed by atoms with E-state index in [9.17, 15) is 10.1 Å². The fourth-order valence-corrected chi connectivity index (χ4v) is 2.12. The molecule has 0 N–H and O–H groups in total. The van der Waals surface area contributed by atoms with Crippen molar-refractivity contribution >= 4 is 17.4 Å². The molecule has 0 unspecified atom stereocenters. The lowest BCUT2D eigenvalue weighted by atomic mass is 10.2. The van der Waals surface area contributed by atoms with Crippen molar-refractivity contribution in [3.05, 3.63) is 50.9 Å². The Hall–Kier alpha value is -2.59. The van der Waals surface area contributed by atoms with Gasteiger partial charge in [0.15, 0.2) is 12.4 Å². The van der Waals surface area contributed by atoms with E-state index in [0.717, 1.165) is 0 Å². The lowest BCUT2D eigenvalue weighted by Crippen LogP contribution is -2.09. The molecule has 0 radical (unpaired) electrons. The van der Waals surface area contributed by atoms with Gasteiger partial charge >= 0.3 is 5.82 Å². The Kier molecular flexibility index (Phi) is 4.40. The van der Waals surface area contributed by atoms with Gasteiger partial charge in [0.1, 0.15) is 12.3 Å². The number of halogens is 1. The van der Waals surface area contributed by atoms with Crippen molar-refractivity contribution in [2.24, 2.45) is 0 Å². The van der Waals surface area contributed by atoms with E-state index in [4.69, 9.17) is 21.6 Å². The molecule has 0 aliphatic heterocycles. The maximum atomic E-state index is 10.9. The van der Waals surface area contributed by atoms with E-state index in [1.807, 2.05) is 6.07 Å². The van der Waals surface area contributed by atoms with Gasteiger partial charge in [-0.05, 0) is 24.0 Å². The van der Waals surface area contributed by atoms with E-state index in [1.165, 1.54) is 10.8 Å². The number of nitrogens with zero attached hydrogens (tertiary/aromatic N) is 4. The van der Waals surface area contributed by atoms with Crippen LogP contribution in [-0.4, -0.2) is 14.5 Å². The maximum absolute atomic E-state index is 10.9. The summed E-state index contributed by atoms with van der Waals surface area (Å²) in [5, 5.41) is 20.2. The van der Waals surface area contributed by atoms with Crippen LogP contribution in [0.15, 0.2) is 24.4 Å². The molecule has 7 nitrogen and oxygen atoms in total. The molecule has 0 saturated heterocycles. The Bertz CT molecular complexity index is 721. The third-order valence-electron chi connectivity index (χ3n) is 2.85. The van der Waals surface area contributed by atoms with E-state index < -0.39 is 4.92 Å². The minimum absolute atomic E-state index is 0.0138. The average Bonchev–Trinajstić information content (AvgIpc) is 2.88. The number of hydrogen-bond donors (Lipinski definition) is 0. The van der Waals surface area contributed by atoms with Crippen molar-refractivity contribution in [2.75, 3.05) is 0 Å². The molecule has 2 aromatic rings. The number of hydrogen-bond acceptors (Lipinski definition) is 5. The molecule has 1 aromatic carbocycles. The molecule has 0 saturated carbocycles. The molecular formula is C13H11ClN4O3. The summed E-state index contributed by atoms with van der Waals surface area (Å²) in [7, 11) is 0. The highest BCUT2D eigenvalue weighted by Gasteiger charge is 2.20. The van der Waals surface area contributed by atoms with Crippen molar-refractivity contribution in [2.45, 2.75) is 20.1 Å². The van der Waals surface area contributed by atoms with Gasteiger partial charge in [-0.1, -0.05) is 17.7 Å². The predicted octanol–water partition coefficient (Wildman–Crippen LogP) is 2.92. The largest absolute Gasteiger partial charge is 0.480 e. The third-order valence-corrected chi connectivity index (χ3v) is 3.15. The molecule has 0 aliphatic rings. The van der Waals surface area contributed by atoms with Gasteiger partial charge in [-0.15, -0.1) is 0 Å². The summed E-state index contributed by atoms with van der Waals surface area (Å²) < 4.78 is 6.95. The van der Waals surface area contributed by atoms with Crippen LogP contribution in [0.4, 0.5) is 5.82 Å². The van der Waals surface area contributed by atoms with Gasteiger partial charge < -0.3 is 14.9 Å². The van der Waals surface area contributed by atoms with E-state index >= 15 is 0 Å². The molecule has 0 amide bonds. The zero-order chi connectivity index (χ0) is 15.4.